The Labute approximate surface area is 164 Å². The van der Waals surface area contributed by atoms with Gasteiger partial charge in [0, 0.05) is 31.7 Å². The molecule has 0 unspecified atom stereocenters. The molecule has 150 valence electrons. The van der Waals surface area contributed by atoms with Gasteiger partial charge in [0.1, 0.15) is 16.5 Å². The molecular weight excluding hydrogens is 383 g/mol. The maximum absolute atomic E-state index is 13.1. The fraction of sp³-hybridized carbons (Fsp3) is 0.350. The number of ether oxygens (including phenoxy) is 1. The molecule has 28 heavy (non-hydrogen) atoms. The van der Waals surface area contributed by atoms with Gasteiger partial charge in [0.25, 0.3) is 5.91 Å². The summed E-state index contributed by atoms with van der Waals surface area (Å²) >= 11 is 0. The number of methoxy groups -OCH3 is 1. The predicted octanol–water partition coefficient (Wildman–Crippen LogP) is 2.60. The van der Waals surface area contributed by atoms with Gasteiger partial charge in [0.15, 0.2) is 0 Å². The van der Waals surface area contributed by atoms with E-state index in [1.54, 1.807) is 17.0 Å². The average Bonchev–Trinajstić information content (AvgIpc) is 2.69. The lowest BCUT2D eigenvalue weighted by Crippen LogP contribution is -2.50. The third-order valence-electron chi connectivity index (χ3n) is 5.01. The summed E-state index contributed by atoms with van der Waals surface area (Å²) in [5.74, 6) is -0.330. The first-order valence-electron chi connectivity index (χ1n) is 8.94. The van der Waals surface area contributed by atoms with Crippen molar-refractivity contribution in [2.75, 3.05) is 33.3 Å². The molecule has 0 saturated carbocycles. The van der Waals surface area contributed by atoms with Gasteiger partial charge in [-0.05, 0) is 61.4 Å². The minimum atomic E-state index is -3.74. The number of carbonyl (C=O) groups is 1. The zero-order valence-corrected chi connectivity index (χ0v) is 16.9. The molecule has 0 atom stereocenters. The van der Waals surface area contributed by atoms with Crippen molar-refractivity contribution in [1.29, 1.82) is 0 Å². The van der Waals surface area contributed by atoms with E-state index >= 15 is 0 Å². The Balaban J connectivity index is 1.76. The van der Waals surface area contributed by atoms with Gasteiger partial charge in [0.2, 0.25) is 10.0 Å². The van der Waals surface area contributed by atoms with Gasteiger partial charge < -0.3 is 9.64 Å². The number of amides is 1. The van der Waals surface area contributed by atoms with Crippen LogP contribution in [-0.4, -0.2) is 56.8 Å². The molecule has 1 fully saturated rings. The Kier molecular flexibility index (Phi) is 5.71. The molecule has 3 rings (SSSR count). The van der Waals surface area contributed by atoms with Crippen LogP contribution in [0.15, 0.2) is 41.3 Å². The lowest BCUT2D eigenvalue weighted by molar-refractivity contribution is 0.0697. The molecule has 0 aromatic heterocycles. The van der Waals surface area contributed by atoms with Crippen LogP contribution in [0.2, 0.25) is 0 Å². The van der Waals surface area contributed by atoms with E-state index in [4.69, 9.17) is 4.74 Å². The summed E-state index contributed by atoms with van der Waals surface area (Å²) in [4.78, 5) is 14.3. The van der Waals surface area contributed by atoms with E-state index in [0.717, 1.165) is 11.1 Å². The second-order valence-corrected chi connectivity index (χ2v) is 8.70. The van der Waals surface area contributed by atoms with Crippen LogP contribution in [0.4, 0.5) is 4.39 Å². The first-order valence-corrected chi connectivity index (χ1v) is 10.4. The van der Waals surface area contributed by atoms with Crippen molar-refractivity contribution < 1.29 is 22.3 Å². The highest BCUT2D eigenvalue weighted by atomic mass is 32.2. The second kappa shape index (κ2) is 7.89. The summed E-state index contributed by atoms with van der Waals surface area (Å²) < 4.78 is 45.9. The van der Waals surface area contributed by atoms with Crippen molar-refractivity contribution in [3.8, 4) is 5.75 Å². The number of carbonyl (C=O) groups excluding carboxylic acids is 1. The van der Waals surface area contributed by atoms with Gasteiger partial charge in [0.05, 0.1) is 7.11 Å². The number of piperazine rings is 1. The molecule has 1 aliphatic rings. The molecule has 0 spiro atoms. The van der Waals surface area contributed by atoms with Crippen molar-refractivity contribution >= 4 is 15.9 Å². The number of aryl methyl sites for hydroxylation is 2. The molecule has 1 amide bonds. The number of benzene rings is 2. The van der Waals surface area contributed by atoms with Gasteiger partial charge in [-0.1, -0.05) is 0 Å². The molecule has 2 aromatic carbocycles. The summed E-state index contributed by atoms with van der Waals surface area (Å²) in [5, 5.41) is 0. The summed E-state index contributed by atoms with van der Waals surface area (Å²) in [5.41, 5.74) is 2.20. The fourth-order valence-electron chi connectivity index (χ4n) is 3.17. The lowest BCUT2D eigenvalue weighted by atomic mass is 10.1. The SMILES string of the molecule is COc1cc(C)c(C)cc1S(=O)(=O)N1CCN(C(=O)c2ccc(F)cc2)CC1. The zero-order valence-electron chi connectivity index (χ0n) is 16.1. The molecule has 0 radical (unpaired) electrons. The third kappa shape index (κ3) is 3.88. The Morgan fingerprint density at radius 2 is 1.57 bits per heavy atom. The Bertz CT molecular complexity index is 982. The largest absolute Gasteiger partial charge is 0.495 e. The minimum Gasteiger partial charge on any atom is -0.495 e. The normalized spacial score (nSPS) is 15.5. The van der Waals surface area contributed by atoms with Crippen LogP contribution in [0.3, 0.4) is 0 Å². The molecule has 6 nitrogen and oxygen atoms in total. The maximum Gasteiger partial charge on any atom is 0.253 e. The number of hydrogen-bond donors (Lipinski definition) is 0. The van der Waals surface area contributed by atoms with E-state index in [1.165, 1.54) is 35.7 Å². The number of halogens is 1. The van der Waals surface area contributed by atoms with Crippen molar-refractivity contribution in [3.05, 3.63) is 58.9 Å². The van der Waals surface area contributed by atoms with E-state index in [1.807, 2.05) is 13.8 Å². The topological polar surface area (TPSA) is 66.9 Å². The van der Waals surface area contributed by atoms with Crippen molar-refractivity contribution in [1.82, 2.24) is 9.21 Å². The standard InChI is InChI=1S/C20H23FN2O4S/c1-14-12-18(27-3)19(13-15(14)2)28(25,26)23-10-8-22(9-11-23)20(24)16-4-6-17(21)7-5-16/h4-7,12-13H,8-11H2,1-3H3. The Hall–Kier alpha value is -2.45. The van der Waals surface area contributed by atoms with E-state index in [2.05, 4.69) is 0 Å². The fourth-order valence-corrected chi connectivity index (χ4v) is 4.81. The summed E-state index contributed by atoms with van der Waals surface area (Å²) in [6.45, 7) is 4.66. The first kappa shape index (κ1) is 20.3. The Morgan fingerprint density at radius 1 is 1.00 bits per heavy atom. The van der Waals surface area contributed by atoms with Crippen molar-refractivity contribution in [2.24, 2.45) is 0 Å². The van der Waals surface area contributed by atoms with Crippen molar-refractivity contribution in [3.63, 3.8) is 0 Å². The number of sulfonamides is 1. The van der Waals surface area contributed by atoms with Crippen LogP contribution in [0.1, 0.15) is 21.5 Å². The Morgan fingerprint density at radius 3 is 2.14 bits per heavy atom. The van der Waals surface area contributed by atoms with Crippen LogP contribution >= 0.6 is 0 Å². The smallest absolute Gasteiger partial charge is 0.253 e. The maximum atomic E-state index is 13.1. The van der Waals surface area contributed by atoms with Crippen LogP contribution in [0, 0.1) is 19.7 Å². The average molecular weight is 406 g/mol. The third-order valence-corrected chi connectivity index (χ3v) is 6.93. The number of rotatable bonds is 4. The molecule has 0 N–H and O–H groups in total. The second-order valence-electron chi connectivity index (χ2n) is 6.79. The molecule has 1 heterocycles. The first-order chi connectivity index (χ1) is 13.2. The molecule has 1 saturated heterocycles. The molecular formula is C20H23FN2O4S. The molecule has 0 bridgehead atoms. The summed E-state index contributed by atoms with van der Waals surface area (Å²) in [7, 11) is -2.30. The number of nitrogens with zero attached hydrogens (tertiary/aromatic N) is 2. The highest BCUT2D eigenvalue weighted by Gasteiger charge is 2.32. The molecule has 8 heteroatoms. The van der Waals surface area contributed by atoms with Gasteiger partial charge >= 0.3 is 0 Å². The van der Waals surface area contributed by atoms with Crippen LogP contribution in [0.25, 0.3) is 0 Å². The van der Waals surface area contributed by atoms with E-state index in [0.29, 0.717) is 11.3 Å². The monoisotopic (exact) mass is 406 g/mol. The van der Waals surface area contributed by atoms with Gasteiger partial charge in [-0.3, -0.25) is 4.79 Å². The highest BCUT2D eigenvalue weighted by molar-refractivity contribution is 7.89. The van der Waals surface area contributed by atoms with Crippen LogP contribution < -0.4 is 4.74 Å². The van der Waals surface area contributed by atoms with E-state index < -0.39 is 15.8 Å². The molecule has 0 aliphatic carbocycles. The highest BCUT2D eigenvalue weighted by Crippen LogP contribution is 2.30. The number of hydrogen-bond acceptors (Lipinski definition) is 4. The van der Waals surface area contributed by atoms with Crippen LogP contribution in [-0.2, 0) is 10.0 Å². The zero-order chi connectivity index (χ0) is 20.5. The quantitative estimate of drug-likeness (QED) is 0.783. The summed E-state index contributed by atoms with van der Waals surface area (Å²) in [6.07, 6.45) is 0. The lowest BCUT2D eigenvalue weighted by Gasteiger charge is -2.34. The van der Waals surface area contributed by atoms with E-state index in [-0.39, 0.29) is 37.0 Å². The molecule has 2 aromatic rings. The van der Waals surface area contributed by atoms with Gasteiger partial charge in [-0.25, -0.2) is 12.8 Å². The van der Waals surface area contributed by atoms with Crippen molar-refractivity contribution in [2.45, 2.75) is 18.7 Å². The van der Waals surface area contributed by atoms with Gasteiger partial charge in [-0.15, -0.1) is 0 Å². The predicted molar refractivity (Wildman–Crippen MR) is 104 cm³/mol. The summed E-state index contributed by atoms with van der Waals surface area (Å²) in [6, 6.07) is 8.68. The molecule has 1 aliphatic heterocycles. The minimum absolute atomic E-state index is 0.136. The van der Waals surface area contributed by atoms with E-state index in [9.17, 15) is 17.6 Å². The van der Waals surface area contributed by atoms with Gasteiger partial charge in [-0.2, -0.15) is 4.31 Å². The van der Waals surface area contributed by atoms with Crippen LogP contribution in [0.5, 0.6) is 5.75 Å².